The number of aromatic nitrogens is 2. The van der Waals surface area contributed by atoms with Gasteiger partial charge in [0, 0.05) is 24.6 Å². The first-order valence-electron chi connectivity index (χ1n) is 6.17. The van der Waals surface area contributed by atoms with E-state index in [-0.39, 0.29) is 23.1 Å². The molecule has 0 saturated carbocycles. The van der Waals surface area contributed by atoms with Crippen LogP contribution in [0.4, 0.5) is 11.5 Å². The normalized spacial score (nSPS) is 10.2. The maximum absolute atomic E-state index is 11.0. The van der Waals surface area contributed by atoms with Crippen molar-refractivity contribution in [2.24, 2.45) is 0 Å². The highest BCUT2D eigenvalue weighted by molar-refractivity contribution is 5.52. The number of nitrogen functional groups attached to an aromatic ring is 1. The lowest BCUT2D eigenvalue weighted by molar-refractivity contribution is -0.385. The van der Waals surface area contributed by atoms with Crippen LogP contribution in [-0.2, 0) is 6.42 Å². The minimum Gasteiger partial charge on any atom is -0.497 e. The Kier molecular flexibility index (Phi) is 4.17. The molecule has 1 aromatic carbocycles. The fourth-order valence-electron chi connectivity index (χ4n) is 1.67. The molecule has 8 heteroatoms. The van der Waals surface area contributed by atoms with Crippen LogP contribution in [0.2, 0.25) is 0 Å². The number of methoxy groups -OCH3 is 1. The Balaban J connectivity index is 2.42. The third kappa shape index (κ3) is 3.35. The fraction of sp³-hybridized carbons (Fsp3) is 0.231. The van der Waals surface area contributed by atoms with E-state index in [1.165, 1.54) is 31.4 Å². The molecule has 1 heterocycles. The lowest BCUT2D eigenvalue weighted by Crippen LogP contribution is -2.01. The van der Waals surface area contributed by atoms with Crippen LogP contribution in [0.25, 0.3) is 0 Å². The van der Waals surface area contributed by atoms with Crippen molar-refractivity contribution >= 4 is 11.5 Å². The highest BCUT2D eigenvalue weighted by Gasteiger charge is 2.18. The molecule has 2 aromatic rings. The van der Waals surface area contributed by atoms with Gasteiger partial charge in [-0.3, -0.25) is 10.1 Å². The number of nitrogens with zero attached hydrogens (tertiary/aromatic N) is 3. The second kappa shape index (κ2) is 6.04. The van der Waals surface area contributed by atoms with Crippen LogP contribution in [0.5, 0.6) is 17.4 Å². The predicted molar refractivity (Wildman–Crippen MR) is 75.5 cm³/mol. The molecule has 0 radical (unpaired) electrons. The van der Waals surface area contributed by atoms with E-state index in [0.29, 0.717) is 18.0 Å². The van der Waals surface area contributed by atoms with Crippen LogP contribution in [0.1, 0.15) is 12.7 Å². The maximum atomic E-state index is 11.0. The molecule has 2 N–H and O–H groups in total. The molecule has 0 aliphatic rings. The van der Waals surface area contributed by atoms with Gasteiger partial charge in [-0.15, -0.1) is 0 Å². The number of aryl methyl sites for hydroxylation is 1. The first-order chi connectivity index (χ1) is 10.0. The second-order valence-electron chi connectivity index (χ2n) is 4.09. The molecule has 0 spiro atoms. The minimum atomic E-state index is -0.542. The second-order valence-corrected chi connectivity index (χ2v) is 4.09. The van der Waals surface area contributed by atoms with E-state index in [9.17, 15) is 10.1 Å². The smallest absolute Gasteiger partial charge is 0.311 e. The SMILES string of the molecule is CCc1nc(N)cc(Oc2cc(OC)ccc2[N+](=O)[O-])n1. The van der Waals surface area contributed by atoms with Crippen molar-refractivity contribution in [1.82, 2.24) is 9.97 Å². The molecule has 0 bridgehead atoms. The molecule has 110 valence electrons. The quantitative estimate of drug-likeness (QED) is 0.663. The standard InChI is InChI=1S/C13H14N4O4/c1-3-12-15-11(14)7-13(16-12)21-10-6-8(20-2)4-5-9(10)17(18)19/h4-7H,3H2,1-2H3,(H2,14,15,16). The molecule has 0 fully saturated rings. The summed E-state index contributed by atoms with van der Waals surface area (Å²) in [5.74, 6) is 1.35. The van der Waals surface area contributed by atoms with Crippen LogP contribution >= 0.6 is 0 Å². The highest BCUT2D eigenvalue weighted by Crippen LogP contribution is 2.34. The molecule has 8 nitrogen and oxygen atoms in total. The number of nitro benzene ring substituents is 1. The third-order valence-corrected chi connectivity index (χ3v) is 2.66. The van der Waals surface area contributed by atoms with E-state index in [0.717, 1.165) is 0 Å². The minimum absolute atomic E-state index is 0.0273. The zero-order chi connectivity index (χ0) is 15.4. The number of benzene rings is 1. The summed E-state index contributed by atoms with van der Waals surface area (Å²) in [6, 6.07) is 5.61. The summed E-state index contributed by atoms with van der Waals surface area (Å²) >= 11 is 0. The average Bonchev–Trinajstić information content (AvgIpc) is 2.46. The van der Waals surface area contributed by atoms with Gasteiger partial charge in [0.1, 0.15) is 17.4 Å². The summed E-state index contributed by atoms with van der Waals surface area (Å²) in [5.41, 5.74) is 5.46. The van der Waals surface area contributed by atoms with E-state index >= 15 is 0 Å². The monoisotopic (exact) mass is 290 g/mol. The molecule has 0 amide bonds. The van der Waals surface area contributed by atoms with Crippen molar-refractivity contribution in [1.29, 1.82) is 0 Å². The van der Waals surface area contributed by atoms with Crippen LogP contribution in [0.15, 0.2) is 24.3 Å². The van der Waals surface area contributed by atoms with Gasteiger partial charge in [0.15, 0.2) is 0 Å². The van der Waals surface area contributed by atoms with Gasteiger partial charge in [-0.1, -0.05) is 6.92 Å². The molecule has 0 unspecified atom stereocenters. The Bertz CT molecular complexity index is 675. The molecule has 2 rings (SSSR count). The molecule has 1 aromatic heterocycles. The Morgan fingerprint density at radius 3 is 2.71 bits per heavy atom. The van der Waals surface area contributed by atoms with Gasteiger partial charge < -0.3 is 15.2 Å². The number of hydrogen-bond donors (Lipinski definition) is 1. The van der Waals surface area contributed by atoms with Crippen molar-refractivity contribution < 1.29 is 14.4 Å². The van der Waals surface area contributed by atoms with E-state index in [2.05, 4.69) is 9.97 Å². The first kappa shape index (κ1) is 14.5. The maximum Gasteiger partial charge on any atom is 0.311 e. The van der Waals surface area contributed by atoms with Crippen molar-refractivity contribution in [3.63, 3.8) is 0 Å². The number of rotatable bonds is 5. The highest BCUT2D eigenvalue weighted by atomic mass is 16.6. The fourth-order valence-corrected chi connectivity index (χ4v) is 1.67. The Morgan fingerprint density at radius 2 is 2.10 bits per heavy atom. The van der Waals surface area contributed by atoms with Gasteiger partial charge in [0.25, 0.3) is 0 Å². The van der Waals surface area contributed by atoms with E-state index in [4.69, 9.17) is 15.2 Å². The Labute approximate surface area is 120 Å². The Hall–Kier alpha value is -2.90. The molecule has 0 atom stereocenters. The summed E-state index contributed by atoms with van der Waals surface area (Å²) < 4.78 is 10.5. The van der Waals surface area contributed by atoms with Gasteiger partial charge in [-0.25, -0.2) is 4.98 Å². The van der Waals surface area contributed by atoms with E-state index in [1.807, 2.05) is 6.92 Å². The number of ether oxygens (including phenoxy) is 2. The molecule has 0 saturated heterocycles. The molecular weight excluding hydrogens is 276 g/mol. The number of anilines is 1. The van der Waals surface area contributed by atoms with Crippen molar-refractivity contribution in [3.8, 4) is 17.4 Å². The van der Waals surface area contributed by atoms with Crippen LogP contribution in [-0.4, -0.2) is 22.0 Å². The van der Waals surface area contributed by atoms with Gasteiger partial charge in [-0.05, 0) is 6.07 Å². The van der Waals surface area contributed by atoms with Crippen molar-refractivity contribution in [3.05, 3.63) is 40.2 Å². The summed E-state index contributed by atoms with van der Waals surface area (Å²) in [4.78, 5) is 18.6. The van der Waals surface area contributed by atoms with E-state index < -0.39 is 4.92 Å². The number of nitrogens with two attached hydrogens (primary N) is 1. The lowest BCUT2D eigenvalue weighted by atomic mass is 10.3. The molecule has 0 aliphatic heterocycles. The summed E-state index contributed by atoms with van der Waals surface area (Å²) in [5, 5.41) is 11.0. The van der Waals surface area contributed by atoms with Crippen LogP contribution < -0.4 is 15.2 Å². The van der Waals surface area contributed by atoms with Crippen LogP contribution in [0, 0.1) is 10.1 Å². The number of nitro groups is 1. The van der Waals surface area contributed by atoms with Crippen molar-refractivity contribution in [2.45, 2.75) is 13.3 Å². The molecular formula is C13H14N4O4. The summed E-state index contributed by atoms with van der Waals surface area (Å²) in [6.45, 7) is 1.87. The van der Waals surface area contributed by atoms with Crippen LogP contribution in [0.3, 0.4) is 0 Å². The molecule has 21 heavy (non-hydrogen) atoms. The largest absolute Gasteiger partial charge is 0.497 e. The lowest BCUT2D eigenvalue weighted by Gasteiger charge is -2.08. The predicted octanol–water partition coefficient (Wildman–Crippen LogP) is 2.33. The summed E-state index contributed by atoms with van der Waals surface area (Å²) in [6.07, 6.45) is 0.571. The van der Waals surface area contributed by atoms with Gasteiger partial charge in [0.05, 0.1) is 12.0 Å². The van der Waals surface area contributed by atoms with Gasteiger partial charge >= 0.3 is 5.69 Å². The zero-order valence-electron chi connectivity index (χ0n) is 11.6. The van der Waals surface area contributed by atoms with Gasteiger partial charge in [-0.2, -0.15) is 4.98 Å². The van der Waals surface area contributed by atoms with Gasteiger partial charge in [0.2, 0.25) is 11.6 Å². The molecule has 0 aliphatic carbocycles. The average molecular weight is 290 g/mol. The topological polar surface area (TPSA) is 113 Å². The first-order valence-corrected chi connectivity index (χ1v) is 6.17. The Morgan fingerprint density at radius 1 is 1.33 bits per heavy atom. The van der Waals surface area contributed by atoms with Crippen molar-refractivity contribution in [2.75, 3.05) is 12.8 Å². The van der Waals surface area contributed by atoms with E-state index in [1.54, 1.807) is 0 Å². The summed E-state index contributed by atoms with van der Waals surface area (Å²) in [7, 11) is 1.46. The zero-order valence-corrected chi connectivity index (χ0v) is 11.6. The number of hydrogen-bond acceptors (Lipinski definition) is 7. The third-order valence-electron chi connectivity index (χ3n) is 2.66.